The molecule has 198 valence electrons. The van der Waals surface area contributed by atoms with Crippen LogP contribution in [0.1, 0.15) is 103 Å². The summed E-state index contributed by atoms with van der Waals surface area (Å²) >= 11 is 0. The smallest absolute Gasteiger partial charge is 0.338 e. The Balaban J connectivity index is 1.44. The van der Waals surface area contributed by atoms with E-state index in [2.05, 4.69) is 66.0 Å². The number of benzene rings is 2. The van der Waals surface area contributed by atoms with E-state index in [0.29, 0.717) is 11.1 Å². The van der Waals surface area contributed by atoms with E-state index in [1.54, 1.807) is 6.07 Å². The van der Waals surface area contributed by atoms with Crippen LogP contribution in [0.25, 0.3) is 10.8 Å². The summed E-state index contributed by atoms with van der Waals surface area (Å²) in [6, 6.07) is 11.3. The number of rotatable bonds is 5. The van der Waals surface area contributed by atoms with Crippen LogP contribution in [0.2, 0.25) is 0 Å². The lowest BCUT2D eigenvalue weighted by molar-refractivity contribution is -0.161. The van der Waals surface area contributed by atoms with Crippen LogP contribution >= 0.6 is 0 Å². The lowest BCUT2D eigenvalue weighted by Crippen LogP contribution is -2.59. The Labute approximate surface area is 216 Å². The van der Waals surface area contributed by atoms with Crippen LogP contribution in [-0.2, 0) is 9.47 Å². The summed E-state index contributed by atoms with van der Waals surface area (Å²) in [7, 11) is 0. The predicted molar refractivity (Wildman–Crippen MR) is 144 cm³/mol. The molecule has 0 amide bonds. The van der Waals surface area contributed by atoms with Crippen LogP contribution in [0.5, 0.6) is 0 Å². The number of aliphatic hydroxyl groups excluding tert-OH is 1. The maximum absolute atomic E-state index is 13.0. The fourth-order valence-corrected chi connectivity index (χ4v) is 6.66. The van der Waals surface area contributed by atoms with Gasteiger partial charge in [-0.1, -0.05) is 18.2 Å². The summed E-state index contributed by atoms with van der Waals surface area (Å²) in [5.41, 5.74) is 0.969. The highest BCUT2D eigenvalue weighted by Gasteiger charge is 2.40. The molecule has 0 saturated carbocycles. The lowest BCUT2D eigenvalue weighted by Gasteiger charge is -2.46. The molecule has 4 rings (SSSR count). The molecule has 2 aromatic carbocycles. The van der Waals surface area contributed by atoms with Crippen molar-refractivity contribution < 1.29 is 19.4 Å². The van der Waals surface area contributed by atoms with Crippen molar-refractivity contribution in [3.63, 3.8) is 0 Å². The van der Waals surface area contributed by atoms with Crippen LogP contribution in [0.4, 0.5) is 0 Å². The zero-order chi connectivity index (χ0) is 26.5. The van der Waals surface area contributed by atoms with E-state index >= 15 is 0 Å². The highest BCUT2D eigenvalue weighted by atomic mass is 16.6. The number of aliphatic hydroxyl groups is 1. The van der Waals surface area contributed by atoms with Gasteiger partial charge in [0, 0.05) is 40.6 Å². The number of nitrogens with one attached hydrogen (secondary N) is 2. The van der Waals surface area contributed by atoms with Crippen LogP contribution in [-0.4, -0.2) is 45.4 Å². The summed E-state index contributed by atoms with van der Waals surface area (Å²) in [6.07, 6.45) is 2.06. The minimum absolute atomic E-state index is 0.0379. The van der Waals surface area contributed by atoms with Gasteiger partial charge >= 0.3 is 5.97 Å². The number of hydrogen-bond acceptors (Lipinski definition) is 6. The summed E-state index contributed by atoms with van der Waals surface area (Å²) in [5.74, 6) is -0.293. The van der Waals surface area contributed by atoms with Gasteiger partial charge in [-0.3, -0.25) is 0 Å². The minimum atomic E-state index is -1.000. The molecule has 2 heterocycles. The van der Waals surface area contributed by atoms with Crippen LogP contribution in [0.15, 0.2) is 36.4 Å². The first-order chi connectivity index (χ1) is 16.5. The normalized spacial score (nSPS) is 24.4. The molecule has 1 atom stereocenters. The Morgan fingerprint density at radius 3 is 1.81 bits per heavy atom. The van der Waals surface area contributed by atoms with Crippen molar-refractivity contribution in [2.75, 3.05) is 0 Å². The Morgan fingerprint density at radius 2 is 1.25 bits per heavy atom. The third-order valence-electron chi connectivity index (χ3n) is 7.29. The van der Waals surface area contributed by atoms with Crippen molar-refractivity contribution in [2.45, 2.75) is 122 Å². The molecular formula is C30H44N2O4. The minimum Gasteiger partial charge on any atom is -0.459 e. The molecule has 0 aromatic heterocycles. The van der Waals surface area contributed by atoms with Gasteiger partial charge in [0.05, 0.1) is 11.7 Å². The zero-order valence-corrected chi connectivity index (χ0v) is 23.2. The van der Waals surface area contributed by atoms with E-state index in [4.69, 9.17) is 9.47 Å². The van der Waals surface area contributed by atoms with Crippen molar-refractivity contribution in [3.05, 3.63) is 47.5 Å². The summed E-state index contributed by atoms with van der Waals surface area (Å²) in [4.78, 5) is 13.0. The van der Waals surface area contributed by atoms with Crippen molar-refractivity contribution >= 4 is 16.7 Å². The molecule has 36 heavy (non-hydrogen) atoms. The second kappa shape index (κ2) is 9.39. The molecule has 0 radical (unpaired) electrons. The second-order valence-electron chi connectivity index (χ2n) is 13.6. The maximum Gasteiger partial charge on any atom is 0.338 e. The van der Waals surface area contributed by atoms with E-state index < -0.39 is 6.29 Å². The van der Waals surface area contributed by atoms with Gasteiger partial charge in [0.1, 0.15) is 6.10 Å². The summed E-state index contributed by atoms with van der Waals surface area (Å²) in [5, 5.41) is 20.0. The Morgan fingerprint density at radius 1 is 0.778 bits per heavy atom. The molecule has 0 bridgehead atoms. The van der Waals surface area contributed by atoms with Crippen LogP contribution in [0.3, 0.4) is 0 Å². The van der Waals surface area contributed by atoms with Gasteiger partial charge in [0.15, 0.2) is 6.29 Å². The molecule has 2 aliphatic rings. The summed E-state index contributed by atoms with van der Waals surface area (Å²) < 4.78 is 12.0. The number of fused-ring (bicyclic) bond motifs is 1. The van der Waals surface area contributed by atoms with Gasteiger partial charge in [0.25, 0.3) is 0 Å². The largest absolute Gasteiger partial charge is 0.459 e. The Kier molecular flexibility index (Phi) is 7.06. The first kappa shape index (κ1) is 27.1. The highest BCUT2D eigenvalue weighted by Crippen LogP contribution is 2.34. The number of ether oxygens (including phenoxy) is 2. The Bertz CT molecular complexity index is 1090. The molecule has 0 spiro atoms. The van der Waals surface area contributed by atoms with Crippen LogP contribution in [0, 0.1) is 0 Å². The lowest BCUT2D eigenvalue weighted by atomic mass is 9.81. The quantitative estimate of drug-likeness (QED) is 0.368. The molecular weight excluding hydrogens is 452 g/mol. The first-order valence-corrected chi connectivity index (χ1v) is 13.2. The van der Waals surface area contributed by atoms with Gasteiger partial charge in [0.2, 0.25) is 0 Å². The molecule has 0 aliphatic carbocycles. The van der Waals surface area contributed by atoms with Crippen LogP contribution < -0.4 is 10.6 Å². The van der Waals surface area contributed by atoms with E-state index in [0.717, 1.165) is 36.5 Å². The third-order valence-corrected chi connectivity index (χ3v) is 7.29. The Hall–Kier alpha value is -1.99. The second-order valence-corrected chi connectivity index (χ2v) is 13.6. The topological polar surface area (TPSA) is 79.8 Å². The average Bonchev–Trinajstić information content (AvgIpc) is 2.68. The number of esters is 1. The number of carbonyl (C=O) groups excluding carboxylic acids is 1. The molecule has 2 saturated heterocycles. The fourth-order valence-electron chi connectivity index (χ4n) is 6.66. The fraction of sp³-hybridized carbons (Fsp3) is 0.633. The van der Waals surface area contributed by atoms with E-state index in [-0.39, 0.29) is 40.3 Å². The summed E-state index contributed by atoms with van der Waals surface area (Å²) in [6.45, 7) is 17.3. The van der Waals surface area contributed by atoms with Gasteiger partial charge < -0.3 is 25.2 Å². The zero-order valence-electron chi connectivity index (χ0n) is 23.2. The van der Waals surface area contributed by atoms with Gasteiger partial charge in [-0.05, 0) is 97.2 Å². The van der Waals surface area contributed by atoms with Gasteiger partial charge in [-0.25, -0.2) is 4.79 Å². The van der Waals surface area contributed by atoms with E-state index in [1.807, 2.05) is 30.3 Å². The number of piperidine rings is 2. The molecule has 2 aromatic rings. The number of carbonyl (C=O) groups is 1. The van der Waals surface area contributed by atoms with Crippen molar-refractivity contribution in [1.29, 1.82) is 0 Å². The highest BCUT2D eigenvalue weighted by molar-refractivity contribution is 5.95. The predicted octanol–water partition coefficient (Wildman–Crippen LogP) is 5.62. The average molecular weight is 497 g/mol. The monoisotopic (exact) mass is 496 g/mol. The maximum atomic E-state index is 13.0. The molecule has 6 heteroatoms. The molecule has 2 aliphatic heterocycles. The van der Waals surface area contributed by atoms with E-state index in [9.17, 15) is 9.90 Å². The first-order valence-electron chi connectivity index (χ1n) is 13.2. The molecule has 6 nitrogen and oxygen atoms in total. The van der Waals surface area contributed by atoms with Gasteiger partial charge in [-0.2, -0.15) is 0 Å². The third kappa shape index (κ3) is 6.65. The van der Waals surface area contributed by atoms with E-state index in [1.165, 1.54) is 0 Å². The number of hydrogen-bond donors (Lipinski definition) is 3. The SMILES string of the molecule is CC1(C)CC(OC(=O)c2ccc3cc(C(O)OC4CC(C)(C)NC(C)(C)C4)ccc3c2)CC(C)(C)N1. The standard InChI is InChI=1S/C30H44N2O4/c1-27(2)15-23(16-28(3,4)31-27)35-25(33)21-11-9-20-14-22(12-10-19(20)13-21)26(34)36-24-17-29(5,6)32-30(7,8)18-24/h9-14,23-25,31-33H,15-18H2,1-8H3. The van der Waals surface area contributed by atoms with Gasteiger partial charge in [-0.15, -0.1) is 0 Å². The molecule has 3 N–H and O–H groups in total. The van der Waals surface area contributed by atoms with Crippen molar-refractivity contribution in [3.8, 4) is 0 Å². The molecule has 1 unspecified atom stereocenters. The van der Waals surface area contributed by atoms with Crippen molar-refractivity contribution in [1.82, 2.24) is 10.6 Å². The molecule has 2 fully saturated rings. The van der Waals surface area contributed by atoms with Crippen molar-refractivity contribution in [2.24, 2.45) is 0 Å².